The zero-order valence-corrected chi connectivity index (χ0v) is 19.1. The van der Waals surface area contributed by atoms with Crippen molar-refractivity contribution in [2.45, 2.75) is 19.0 Å². The number of nitrogens with one attached hydrogen (secondary N) is 1. The lowest BCUT2D eigenvalue weighted by atomic mass is 10.0. The summed E-state index contributed by atoms with van der Waals surface area (Å²) in [5, 5.41) is 4.03. The van der Waals surface area contributed by atoms with Gasteiger partial charge < -0.3 is 19.5 Å². The highest BCUT2D eigenvalue weighted by molar-refractivity contribution is 7.80. The topological polar surface area (TPSA) is 42.3 Å². The molecule has 0 spiro atoms. The van der Waals surface area contributed by atoms with E-state index in [1.165, 1.54) is 6.07 Å². The Labute approximate surface area is 197 Å². The van der Waals surface area contributed by atoms with Crippen LogP contribution in [-0.4, -0.2) is 21.8 Å². The molecule has 1 aliphatic rings. The lowest BCUT2D eigenvalue weighted by molar-refractivity contribution is 0.414. The van der Waals surface area contributed by atoms with E-state index >= 15 is 0 Å². The average molecular weight is 459 g/mol. The molecule has 5 rings (SSSR count). The van der Waals surface area contributed by atoms with E-state index in [1.807, 2.05) is 60.8 Å². The Morgan fingerprint density at radius 3 is 2.48 bits per heavy atom. The van der Waals surface area contributed by atoms with Gasteiger partial charge in [-0.25, -0.2) is 4.39 Å². The number of hydrogen-bond acceptors (Lipinski definition) is 3. The Morgan fingerprint density at radius 2 is 1.79 bits per heavy atom. The molecule has 0 radical (unpaired) electrons. The Bertz CT molecular complexity index is 1290. The SMILES string of the molecule is COc1ccc(-n2cccc2[C@H]2[C@@H](c3ccccn3)NC(=S)N2c2ccc(F)c(C)c2)cc1. The van der Waals surface area contributed by atoms with Crippen LogP contribution < -0.4 is 15.0 Å². The van der Waals surface area contributed by atoms with E-state index in [0.29, 0.717) is 10.7 Å². The van der Waals surface area contributed by atoms with Gasteiger partial charge in [-0.1, -0.05) is 6.07 Å². The molecule has 7 heteroatoms. The largest absolute Gasteiger partial charge is 0.497 e. The van der Waals surface area contributed by atoms with Crippen molar-refractivity contribution in [3.8, 4) is 11.4 Å². The number of aromatic nitrogens is 2. The highest BCUT2D eigenvalue weighted by Gasteiger charge is 2.42. The number of nitrogens with zero attached hydrogens (tertiary/aromatic N) is 3. The number of hydrogen-bond donors (Lipinski definition) is 1. The first-order valence-corrected chi connectivity index (χ1v) is 11.1. The van der Waals surface area contributed by atoms with Gasteiger partial charge in [-0.2, -0.15) is 0 Å². The van der Waals surface area contributed by atoms with E-state index in [9.17, 15) is 4.39 Å². The van der Waals surface area contributed by atoms with Gasteiger partial charge in [-0.3, -0.25) is 4.98 Å². The maximum absolute atomic E-state index is 14.1. The van der Waals surface area contributed by atoms with Gasteiger partial charge >= 0.3 is 0 Å². The van der Waals surface area contributed by atoms with Crippen molar-refractivity contribution < 1.29 is 9.13 Å². The van der Waals surface area contributed by atoms with Crippen LogP contribution in [-0.2, 0) is 0 Å². The van der Waals surface area contributed by atoms with Crippen LogP contribution in [0.5, 0.6) is 5.75 Å². The van der Waals surface area contributed by atoms with Crippen LogP contribution in [0.2, 0.25) is 0 Å². The summed E-state index contributed by atoms with van der Waals surface area (Å²) in [5.74, 6) is 0.558. The Hall–Kier alpha value is -3.71. The fourth-order valence-corrected chi connectivity index (χ4v) is 4.67. The second-order valence-electron chi connectivity index (χ2n) is 7.93. The average Bonchev–Trinajstić information content (AvgIpc) is 3.46. The molecule has 4 aromatic rings. The molecule has 33 heavy (non-hydrogen) atoms. The van der Waals surface area contributed by atoms with Gasteiger partial charge in [0.15, 0.2) is 5.11 Å². The summed E-state index contributed by atoms with van der Waals surface area (Å²) >= 11 is 5.79. The monoisotopic (exact) mass is 458 g/mol. The second-order valence-corrected chi connectivity index (χ2v) is 8.32. The molecule has 0 unspecified atom stereocenters. The van der Waals surface area contributed by atoms with E-state index in [1.54, 1.807) is 26.3 Å². The molecular formula is C26H23FN4OS. The van der Waals surface area contributed by atoms with Crippen LogP contribution in [0.4, 0.5) is 10.1 Å². The van der Waals surface area contributed by atoms with Crippen molar-refractivity contribution in [1.82, 2.24) is 14.9 Å². The van der Waals surface area contributed by atoms with E-state index < -0.39 is 0 Å². The highest BCUT2D eigenvalue weighted by atomic mass is 32.1. The van der Waals surface area contributed by atoms with Crippen molar-refractivity contribution in [2.75, 3.05) is 12.0 Å². The molecule has 2 aromatic heterocycles. The molecule has 2 atom stereocenters. The van der Waals surface area contributed by atoms with Gasteiger partial charge in [0.1, 0.15) is 17.6 Å². The third kappa shape index (κ3) is 3.85. The van der Waals surface area contributed by atoms with Crippen molar-refractivity contribution in [2.24, 2.45) is 0 Å². The van der Waals surface area contributed by atoms with Crippen molar-refractivity contribution in [3.63, 3.8) is 0 Å². The van der Waals surface area contributed by atoms with Crippen LogP contribution in [0.15, 0.2) is 85.2 Å². The summed E-state index contributed by atoms with van der Waals surface area (Å²) in [6.07, 6.45) is 3.81. The third-order valence-electron chi connectivity index (χ3n) is 5.95. The minimum atomic E-state index is -0.240. The molecular weight excluding hydrogens is 435 g/mol. The lowest BCUT2D eigenvalue weighted by Crippen LogP contribution is -2.30. The van der Waals surface area contributed by atoms with Gasteiger partial charge in [0.25, 0.3) is 0 Å². The number of halogens is 1. The van der Waals surface area contributed by atoms with Gasteiger partial charge in [-0.05, 0) is 91.4 Å². The lowest BCUT2D eigenvalue weighted by Gasteiger charge is -2.29. The molecule has 0 bridgehead atoms. The highest BCUT2D eigenvalue weighted by Crippen LogP contribution is 2.42. The molecule has 2 aromatic carbocycles. The maximum Gasteiger partial charge on any atom is 0.174 e. The molecule has 1 saturated heterocycles. The van der Waals surface area contributed by atoms with Crippen LogP contribution in [0.1, 0.15) is 29.0 Å². The number of pyridine rings is 1. The first kappa shape index (κ1) is 21.2. The molecule has 1 fully saturated rings. The number of aryl methyl sites for hydroxylation is 1. The number of benzene rings is 2. The van der Waals surface area contributed by atoms with Gasteiger partial charge in [0.05, 0.1) is 18.8 Å². The molecule has 0 aliphatic carbocycles. The first-order chi connectivity index (χ1) is 16.1. The molecule has 1 aliphatic heterocycles. The van der Waals surface area contributed by atoms with E-state index in [-0.39, 0.29) is 17.9 Å². The van der Waals surface area contributed by atoms with Gasteiger partial charge in [0, 0.05) is 29.5 Å². The van der Waals surface area contributed by atoms with Gasteiger partial charge in [0.2, 0.25) is 0 Å². The summed E-state index contributed by atoms with van der Waals surface area (Å²) < 4.78 is 21.5. The quantitative estimate of drug-likeness (QED) is 0.400. The minimum absolute atomic E-state index is 0.184. The van der Waals surface area contributed by atoms with Crippen LogP contribution >= 0.6 is 12.2 Å². The van der Waals surface area contributed by atoms with Crippen LogP contribution in [0.3, 0.4) is 0 Å². The fraction of sp³-hybridized carbons (Fsp3) is 0.154. The van der Waals surface area contributed by atoms with Crippen molar-refractivity contribution >= 4 is 23.0 Å². The Morgan fingerprint density at radius 1 is 1.00 bits per heavy atom. The predicted octanol–water partition coefficient (Wildman–Crippen LogP) is 5.51. The third-order valence-corrected chi connectivity index (χ3v) is 6.27. The number of thiocarbonyl (C=S) groups is 1. The van der Waals surface area contributed by atoms with Crippen LogP contribution in [0.25, 0.3) is 5.69 Å². The number of rotatable bonds is 5. The summed E-state index contributed by atoms with van der Waals surface area (Å²) in [6.45, 7) is 1.76. The van der Waals surface area contributed by atoms with E-state index in [2.05, 4.69) is 25.8 Å². The standard InChI is InChI=1S/C26H23FN4OS/c1-17-16-19(10-13-21(17)27)31-25(24(29-26(31)33)22-6-3-4-14-28-22)23-7-5-15-30(23)18-8-11-20(32-2)12-9-18/h3-16,24-25H,1-2H3,(H,29,33)/t24-,25+/m1/s1. The second kappa shape index (κ2) is 8.67. The Balaban J connectivity index is 1.65. The molecule has 0 saturated carbocycles. The number of anilines is 1. The zero-order valence-electron chi connectivity index (χ0n) is 18.3. The number of ether oxygens (including phenoxy) is 1. The molecule has 3 heterocycles. The zero-order chi connectivity index (χ0) is 22.9. The smallest absolute Gasteiger partial charge is 0.174 e. The van der Waals surface area contributed by atoms with Crippen LogP contribution in [0, 0.1) is 12.7 Å². The minimum Gasteiger partial charge on any atom is -0.497 e. The van der Waals surface area contributed by atoms with E-state index in [4.69, 9.17) is 17.0 Å². The normalized spacial score (nSPS) is 17.8. The predicted molar refractivity (Wildman–Crippen MR) is 131 cm³/mol. The first-order valence-electron chi connectivity index (χ1n) is 10.7. The molecule has 1 N–H and O–H groups in total. The fourth-order valence-electron chi connectivity index (χ4n) is 4.33. The van der Waals surface area contributed by atoms with Gasteiger partial charge in [-0.15, -0.1) is 0 Å². The summed E-state index contributed by atoms with van der Waals surface area (Å²) in [6, 6.07) is 22.6. The molecule has 0 amide bonds. The Kier molecular flexibility index (Phi) is 5.56. The summed E-state index contributed by atoms with van der Waals surface area (Å²) in [5.41, 5.74) is 4.32. The van der Waals surface area contributed by atoms with E-state index in [0.717, 1.165) is 28.5 Å². The summed E-state index contributed by atoms with van der Waals surface area (Å²) in [7, 11) is 1.65. The number of methoxy groups -OCH3 is 1. The molecule has 5 nitrogen and oxygen atoms in total. The maximum atomic E-state index is 14.1. The van der Waals surface area contributed by atoms with Crippen molar-refractivity contribution in [1.29, 1.82) is 0 Å². The van der Waals surface area contributed by atoms with Crippen molar-refractivity contribution in [3.05, 3.63) is 108 Å². The summed E-state index contributed by atoms with van der Waals surface area (Å²) in [4.78, 5) is 6.66. The molecule has 166 valence electrons.